The quantitative estimate of drug-likeness (QED) is 0.838. The number of hydrogen-bond acceptors (Lipinski definition) is 4. The molecule has 0 spiro atoms. The Morgan fingerprint density at radius 3 is 2.90 bits per heavy atom. The van der Waals surface area contributed by atoms with Gasteiger partial charge in [0.1, 0.15) is 6.33 Å². The summed E-state index contributed by atoms with van der Waals surface area (Å²) in [7, 11) is 0. The first kappa shape index (κ1) is 11.8. The average Bonchev–Trinajstić information content (AvgIpc) is 2.50. The summed E-state index contributed by atoms with van der Waals surface area (Å²) in [6.45, 7) is 2.81. The molecule has 5 heteroatoms. The lowest BCUT2D eigenvalue weighted by Crippen LogP contribution is -2.45. The molecule has 5 nitrogen and oxygen atoms in total. The van der Waals surface area contributed by atoms with Gasteiger partial charge in [0.2, 0.25) is 0 Å². The van der Waals surface area contributed by atoms with Crippen molar-refractivity contribution in [2.24, 2.45) is 5.92 Å². The molecule has 102 valence electrons. The summed E-state index contributed by atoms with van der Waals surface area (Å²) in [5.74, 6) is 1.04. The van der Waals surface area contributed by atoms with Crippen molar-refractivity contribution in [1.82, 2.24) is 19.9 Å². The van der Waals surface area contributed by atoms with E-state index in [9.17, 15) is 4.79 Å². The summed E-state index contributed by atoms with van der Waals surface area (Å²) in [5.41, 5.74) is 2.75. The SMILES string of the molecule is O=c1c(-c2cncnc2)ccc2n1CC1CNCC2C1. The zero-order chi connectivity index (χ0) is 13.5. The molecule has 0 amide bonds. The monoisotopic (exact) mass is 268 g/mol. The molecule has 4 heterocycles. The minimum Gasteiger partial charge on any atom is -0.316 e. The van der Waals surface area contributed by atoms with Crippen LogP contribution in [0.15, 0.2) is 35.6 Å². The molecular formula is C15H16N4O. The van der Waals surface area contributed by atoms with Crippen molar-refractivity contribution in [2.75, 3.05) is 13.1 Å². The summed E-state index contributed by atoms with van der Waals surface area (Å²) < 4.78 is 1.96. The van der Waals surface area contributed by atoms with Gasteiger partial charge in [-0.2, -0.15) is 0 Å². The number of aromatic nitrogens is 3. The van der Waals surface area contributed by atoms with Crippen LogP contribution in [-0.4, -0.2) is 27.6 Å². The fraction of sp³-hybridized carbons (Fsp3) is 0.400. The van der Waals surface area contributed by atoms with Crippen LogP contribution in [0.2, 0.25) is 0 Å². The van der Waals surface area contributed by atoms with E-state index in [0.29, 0.717) is 17.4 Å². The van der Waals surface area contributed by atoms with E-state index in [-0.39, 0.29) is 5.56 Å². The third-order valence-corrected chi connectivity index (χ3v) is 4.38. The zero-order valence-corrected chi connectivity index (χ0v) is 11.1. The molecule has 0 aliphatic carbocycles. The molecule has 0 aromatic carbocycles. The van der Waals surface area contributed by atoms with Gasteiger partial charge >= 0.3 is 0 Å². The molecule has 2 bridgehead atoms. The average molecular weight is 268 g/mol. The van der Waals surface area contributed by atoms with Crippen molar-refractivity contribution in [3.05, 3.63) is 46.9 Å². The van der Waals surface area contributed by atoms with Crippen molar-refractivity contribution in [2.45, 2.75) is 18.9 Å². The molecule has 2 aliphatic heterocycles. The second-order valence-corrected chi connectivity index (χ2v) is 5.67. The van der Waals surface area contributed by atoms with Gasteiger partial charge in [-0.3, -0.25) is 4.79 Å². The number of pyridine rings is 1. The standard InChI is InChI=1S/C15H16N4O/c20-15-13(12-6-17-9-18-7-12)1-2-14-11-3-10(4-16-5-11)8-19(14)15/h1-2,6-7,9-11,16H,3-5,8H2. The van der Waals surface area contributed by atoms with Gasteiger partial charge in [0.15, 0.2) is 0 Å². The smallest absolute Gasteiger partial charge is 0.258 e. The Morgan fingerprint density at radius 2 is 2.05 bits per heavy atom. The highest BCUT2D eigenvalue weighted by atomic mass is 16.1. The third kappa shape index (κ3) is 1.78. The zero-order valence-electron chi connectivity index (χ0n) is 11.1. The Morgan fingerprint density at radius 1 is 1.20 bits per heavy atom. The van der Waals surface area contributed by atoms with E-state index in [0.717, 1.165) is 25.2 Å². The number of fused-ring (bicyclic) bond motifs is 4. The van der Waals surface area contributed by atoms with Crippen LogP contribution in [0.3, 0.4) is 0 Å². The van der Waals surface area contributed by atoms with Crippen molar-refractivity contribution < 1.29 is 0 Å². The van der Waals surface area contributed by atoms with Crippen LogP contribution in [0.4, 0.5) is 0 Å². The van der Waals surface area contributed by atoms with Crippen molar-refractivity contribution in [3.63, 3.8) is 0 Å². The molecular weight excluding hydrogens is 252 g/mol. The maximum Gasteiger partial charge on any atom is 0.258 e. The van der Waals surface area contributed by atoms with Crippen LogP contribution in [-0.2, 0) is 6.54 Å². The molecule has 0 saturated carbocycles. The van der Waals surface area contributed by atoms with Crippen LogP contribution in [0, 0.1) is 5.92 Å². The summed E-state index contributed by atoms with van der Waals surface area (Å²) in [5, 5.41) is 3.46. The van der Waals surface area contributed by atoms with E-state index < -0.39 is 0 Å². The first-order valence-corrected chi connectivity index (χ1v) is 7.03. The van der Waals surface area contributed by atoms with Crippen molar-refractivity contribution in [1.29, 1.82) is 0 Å². The fourth-order valence-corrected chi connectivity index (χ4v) is 3.45. The number of nitrogens with zero attached hydrogens (tertiary/aromatic N) is 3. The molecule has 1 fully saturated rings. The normalized spacial score (nSPS) is 24.2. The van der Waals surface area contributed by atoms with E-state index in [4.69, 9.17) is 0 Å². The number of rotatable bonds is 1. The lowest BCUT2D eigenvalue weighted by molar-refractivity contribution is 0.257. The molecule has 2 aromatic rings. The highest BCUT2D eigenvalue weighted by Crippen LogP contribution is 2.32. The Kier molecular flexibility index (Phi) is 2.67. The Balaban J connectivity index is 1.86. The summed E-state index contributed by atoms with van der Waals surface area (Å²) in [4.78, 5) is 20.7. The maximum atomic E-state index is 12.7. The van der Waals surface area contributed by atoms with Gasteiger partial charge in [-0.05, 0) is 31.0 Å². The van der Waals surface area contributed by atoms with Crippen LogP contribution in [0.1, 0.15) is 18.0 Å². The highest BCUT2D eigenvalue weighted by Gasteiger charge is 2.31. The molecule has 1 N–H and O–H groups in total. The van der Waals surface area contributed by atoms with Crippen molar-refractivity contribution >= 4 is 0 Å². The van der Waals surface area contributed by atoms with Gasteiger partial charge in [-0.1, -0.05) is 0 Å². The predicted molar refractivity (Wildman–Crippen MR) is 75.4 cm³/mol. The van der Waals surface area contributed by atoms with Crippen LogP contribution in [0.25, 0.3) is 11.1 Å². The van der Waals surface area contributed by atoms with E-state index in [1.807, 2.05) is 10.6 Å². The van der Waals surface area contributed by atoms with Crippen LogP contribution >= 0.6 is 0 Å². The lowest BCUT2D eigenvalue weighted by atomic mass is 9.84. The van der Waals surface area contributed by atoms with Gasteiger partial charge in [-0.15, -0.1) is 0 Å². The molecule has 2 aromatic heterocycles. The van der Waals surface area contributed by atoms with E-state index in [1.165, 1.54) is 18.4 Å². The largest absolute Gasteiger partial charge is 0.316 e. The number of piperidine rings is 1. The van der Waals surface area contributed by atoms with E-state index in [1.54, 1.807) is 12.4 Å². The second-order valence-electron chi connectivity index (χ2n) is 5.67. The van der Waals surface area contributed by atoms with Gasteiger partial charge in [-0.25, -0.2) is 9.97 Å². The summed E-state index contributed by atoms with van der Waals surface area (Å²) >= 11 is 0. The Labute approximate surface area is 116 Å². The fourth-order valence-electron chi connectivity index (χ4n) is 3.45. The van der Waals surface area contributed by atoms with Crippen molar-refractivity contribution in [3.8, 4) is 11.1 Å². The molecule has 20 heavy (non-hydrogen) atoms. The molecule has 2 aliphatic rings. The highest BCUT2D eigenvalue weighted by molar-refractivity contribution is 5.60. The Hall–Kier alpha value is -2.01. The summed E-state index contributed by atoms with van der Waals surface area (Å²) in [6.07, 6.45) is 6.07. The van der Waals surface area contributed by atoms with Crippen LogP contribution < -0.4 is 10.9 Å². The van der Waals surface area contributed by atoms with Gasteiger partial charge in [0, 0.05) is 42.7 Å². The summed E-state index contributed by atoms with van der Waals surface area (Å²) in [6, 6.07) is 4.01. The topological polar surface area (TPSA) is 59.8 Å². The first-order valence-electron chi connectivity index (χ1n) is 7.03. The minimum atomic E-state index is 0.0916. The number of nitrogens with one attached hydrogen (secondary N) is 1. The van der Waals surface area contributed by atoms with Crippen LogP contribution in [0.5, 0.6) is 0 Å². The second kappa shape index (κ2) is 4.52. The third-order valence-electron chi connectivity index (χ3n) is 4.38. The molecule has 0 radical (unpaired) electrons. The molecule has 2 unspecified atom stereocenters. The van der Waals surface area contributed by atoms with Gasteiger partial charge in [0.25, 0.3) is 5.56 Å². The van der Waals surface area contributed by atoms with Gasteiger partial charge in [0.05, 0.1) is 5.56 Å². The first-order chi connectivity index (χ1) is 9.83. The lowest BCUT2D eigenvalue weighted by Gasteiger charge is -2.37. The van der Waals surface area contributed by atoms with Gasteiger partial charge < -0.3 is 9.88 Å². The minimum absolute atomic E-state index is 0.0916. The molecule has 1 saturated heterocycles. The number of hydrogen-bond donors (Lipinski definition) is 1. The van der Waals surface area contributed by atoms with E-state index >= 15 is 0 Å². The van der Waals surface area contributed by atoms with E-state index in [2.05, 4.69) is 21.4 Å². The Bertz CT molecular complexity index is 695. The maximum absolute atomic E-state index is 12.7. The molecule has 2 atom stereocenters. The molecule has 4 rings (SSSR count). The predicted octanol–water partition coefficient (Wildman–Crippen LogP) is 1.01.